The fraction of sp³-hybridized carbons (Fsp3) is 0.419. The second-order valence-corrected chi connectivity index (χ2v) is 11.4. The van der Waals surface area contributed by atoms with Crippen molar-refractivity contribution in [3.05, 3.63) is 85.7 Å². The number of esters is 1. The number of benzene rings is 2. The number of ketones is 1. The topological polar surface area (TPSA) is 64.6 Å². The van der Waals surface area contributed by atoms with E-state index in [1.165, 1.54) is 0 Å². The predicted octanol–water partition coefficient (Wildman–Crippen LogP) is 7.01. The van der Waals surface area contributed by atoms with Crippen LogP contribution in [0.4, 0.5) is 0 Å². The minimum absolute atomic E-state index is 0.0800. The molecule has 2 aliphatic rings. The summed E-state index contributed by atoms with van der Waals surface area (Å²) in [7, 11) is 0. The van der Waals surface area contributed by atoms with Gasteiger partial charge in [0.05, 0.1) is 12.2 Å². The zero-order valence-corrected chi connectivity index (χ0v) is 23.6. The van der Waals surface area contributed by atoms with Crippen LogP contribution in [0, 0.1) is 26.2 Å². The standard InChI is InChI=1S/C31H36ClNO4/c1-8-36-30(35)27-20(5)33-24-14-31(6,7)15-25(34)28(24)29(27)26-18(3)13-17(2)23(19(26)4)16-37-22-11-9-21(32)10-12-22/h9-13,29,33H,8,14-16H2,1-7H3/t29-/m0/s1. The first-order valence-corrected chi connectivity index (χ1v) is 13.2. The van der Waals surface area contributed by atoms with Crippen LogP contribution in [0.15, 0.2) is 52.9 Å². The first kappa shape index (κ1) is 27.0. The number of ether oxygens (including phenoxy) is 2. The van der Waals surface area contributed by atoms with Gasteiger partial charge in [-0.2, -0.15) is 0 Å². The van der Waals surface area contributed by atoms with Crippen LogP contribution < -0.4 is 10.1 Å². The molecule has 0 aromatic heterocycles. The molecule has 0 bridgehead atoms. The number of rotatable bonds is 6. The lowest BCUT2D eigenvalue weighted by Gasteiger charge is -2.40. The average molecular weight is 522 g/mol. The number of Topliss-reactive ketones (excluding diaryl/α,β-unsaturated/α-hetero) is 1. The van der Waals surface area contributed by atoms with E-state index in [0.29, 0.717) is 29.2 Å². The second-order valence-electron chi connectivity index (χ2n) is 10.9. The van der Waals surface area contributed by atoms with Crippen molar-refractivity contribution in [3.63, 3.8) is 0 Å². The van der Waals surface area contributed by atoms with Crippen molar-refractivity contribution in [1.82, 2.24) is 5.32 Å². The maximum Gasteiger partial charge on any atom is 0.336 e. The molecule has 1 heterocycles. The van der Waals surface area contributed by atoms with E-state index >= 15 is 0 Å². The van der Waals surface area contributed by atoms with Gasteiger partial charge in [0.2, 0.25) is 0 Å². The highest BCUT2D eigenvalue weighted by molar-refractivity contribution is 6.30. The molecule has 0 amide bonds. The molecule has 196 valence electrons. The van der Waals surface area contributed by atoms with Gasteiger partial charge in [-0.05, 0) is 98.5 Å². The number of halogens is 1. The quantitative estimate of drug-likeness (QED) is 0.414. The Kier molecular flexibility index (Phi) is 7.57. The Morgan fingerprint density at radius 3 is 2.41 bits per heavy atom. The van der Waals surface area contributed by atoms with E-state index < -0.39 is 5.92 Å². The Bertz CT molecular complexity index is 1320. The van der Waals surface area contributed by atoms with Gasteiger partial charge in [0, 0.05) is 34.3 Å². The normalized spacial score (nSPS) is 18.9. The molecule has 0 saturated carbocycles. The van der Waals surface area contributed by atoms with E-state index in [2.05, 4.69) is 46.0 Å². The summed E-state index contributed by atoms with van der Waals surface area (Å²) >= 11 is 6.03. The van der Waals surface area contributed by atoms with Crippen molar-refractivity contribution in [2.45, 2.75) is 73.8 Å². The van der Waals surface area contributed by atoms with Crippen LogP contribution in [0.1, 0.15) is 74.3 Å². The molecule has 0 unspecified atom stereocenters. The smallest absolute Gasteiger partial charge is 0.336 e. The first-order chi connectivity index (χ1) is 17.4. The molecule has 0 radical (unpaired) electrons. The van der Waals surface area contributed by atoms with Crippen molar-refractivity contribution in [2.75, 3.05) is 6.61 Å². The molecule has 1 aliphatic heterocycles. The van der Waals surface area contributed by atoms with E-state index in [1.807, 2.05) is 19.1 Å². The second kappa shape index (κ2) is 10.4. The van der Waals surface area contributed by atoms with Crippen molar-refractivity contribution < 1.29 is 19.1 Å². The average Bonchev–Trinajstić information content (AvgIpc) is 2.78. The zero-order valence-electron chi connectivity index (χ0n) is 22.8. The lowest BCUT2D eigenvalue weighted by atomic mass is 9.67. The maximum absolute atomic E-state index is 13.7. The zero-order chi connectivity index (χ0) is 27.1. The minimum Gasteiger partial charge on any atom is -0.489 e. The molecule has 2 aromatic carbocycles. The molecule has 6 heteroatoms. The van der Waals surface area contributed by atoms with Gasteiger partial charge in [0.1, 0.15) is 12.4 Å². The third kappa shape index (κ3) is 5.33. The van der Waals surface area contributed by atoms with Gasteiger partial charge in [0.25, 0.3) is 0 Å². The molecule has 0 fully saturated rings. The molecular weight excluding hydrogens is 486 g/mol. The summed E-state index contributed by atoms with van der Waals surface area (Å²) in [6.45, 7) is 14.7. The van der Waals surface area contributed by atoms with Crippen LogP contribution in [0.3, 0.4) is 0 Å². The van der Waals surface area contributed by atoms with Crippen molar-refractivity contribution in [1.29, 1.82) is 0 Å². The number of hydrogen-bond donors (Lipinski definition) is 1. The van der Waals surface area contributed by atoms with E-state index in [0.717, 1.165) is 51.4 Å². The van der Waals surface area contributed by atoms with E-state index in [-0.39, 0.29) is 23.8 Å². The minimum atomic E-state index is -0.492. The lowest BCUT2D eigenvalue weighted by molar-refractivity contribution is -0.138. The third-order valence-corrected chi connectivity index (χ3v) is 7.66. The van der Waals surface area contributed by atoms with E-state index in [1.54, 1.807) is 19.1 Å². The summed E-state index contributed by atoms with van der Waals surface area (Å²) in [5.74, 6) is -0.0741. The summed E-state index contributed by atoms with van der Waals surface area (Å²) in [6.07, 6.45) is 1.18. The Labute approximate surface area is 224 Å². The monoisotopic (exact) mass is 521 g/mol. The molecule has 1 N–H and O–H groups in total. The van der Waals surface area contributed by atoms with Gasteiger partial charge < -0.3 is 14.8 Å². The van der Waals surface area contributed by atoms with Crippen molar-refractivity contribution >= 4 is 23.4 Å². The van der Waals surface area contributed by atoms with Gasteiger partial charge in [-0.25, -0.2) is 4.79 Å². The van der Waals surface area contributed by atoms with Gasteiger partial charge >= 0.3 is 5.97 Å². The Balaban J connectivity index is 1.86. The molecule has 1 atom stereocenters. The maximum atomic E-state index is 13.7. The summed E-state index contributed by atoms with van der Waals surface area (Å²) in [5.41, 5.74) is 7.89. The van der Waals surface area contributed by atoms with Crippen LogP contribution in [-0.2, 0) is 20.9 Å². The van der Waals surface area contributed by atoms with Crippen LogP contribution in [0.2, 0.25) is 5.02 Å². The van der Waals surface area contributed by atoms with Crippen molar-refractivity contribution in [2.24, 2.45) is 5.41 Å². The van der Waals surface area contributed by atoms with Crippen LogP contribution in [-0.4, -0.2) is 18.4 Å². The molecule has 4 rings (SSSR count). The fourth-order valence-corrected chi connectivity index (χ4v) is 5.93. The molecule has 0 spiro atoms. The largest absolute Gasteiger partial charge is 0.489 e. The SMILES string of the molecule is CCOC(=O)C1=C(C)NC2=C(C(=O)CC(C)(C)C2)[C@H]1c1c(C)cc(C)c(COc2ccc(Cl)cc2)c1C. The van der Waals surface area contributed by atoms with Gasteiger partial charge in [-0.3, -0.25) is 4.79 Å². The lowest BCUT2D eigenvalue weighted by Crippen LogP contribution is -2.39. The molecule has 5 nitrogen and oxygen atoms in total. The number of nitrogens with one attached hydrogen (secondary N) is 1. The number of allylic oxidation sites excluding steroid dienone is 3. The molecule has 1 aliphatic carbocycles. The summed E-state index contributed by atoms with van der Waals surface area (Å²) < 4.78 is 11.6. The third-order valence-electron chi connectivity index (χ3n) is 7.41. The highest BCUT2D eigenvalue weighted by Crippen LogP contribution is 2.48. The van der Waals surface area contributed by atoms with Crippen LogP contribution in [0.25, 0.3) is 0 Å². The highest BCUT2D eigenvalue weighted by Gasteiger charge is 2.44. The molecular formula is C31H36ClNO4. The van der Waals surface area contributed by atoms with Gasteiger partial charge in [-0.15, -0.1) is 0 Å². The summed E-state index contributed by atoms with van der Waals surface area (Å²) in [4.78, 5) is 27.0. The Morgan fingerprint density at radius 2 is 1.76 bits per heavy atom. The van der Waals surface area contributed by atoms with E-state index in [4.69, 9.17) is 21.1 Å². The van der Waals surface area contributed by atoms with Crippen LogP contribution in [0.5, 0.6) is 5.75 Å². The number of carbonyl (C=O) groups is 2. The van der Waals surface area contributed by atoms with E-state index in [9.17, 15) is 9.59 Å². The Hall–Kier alpha value is -3.05. The highest BCUT2D eigenvalue weighted by atomic mass is 35.5. The number of aryl methyl sites for hydroxylation is 2. The van der Waals surface area contributed by atoms with Crippen LogP contribution >= 0.6 is 11.6 Å². The van der Waals surface area contributed by atoms with Crippen molar-refractivity contribution in [3.8, 4) is 5.75 Å². The number of carbonyl (C=O) groups excluding carboxylic acids is 2. The van der Waals surface area contributed by atoms with Gasteiger partial charge in [0.15, 0.2) is 5.78 Å². The molecule has 2 aromatic rings. The Morgan fingerprint density at radius 1 is 1.08 bits per heavy atom. The summed E-state index contributed by atoms with van der Waals surface area (Å²) in [5, 5.41) is 4.07. The fourth-order valence-electron chi connectivity index (χ4n) is 5.80. The van der Waals surface area contributed by atoms with Gasteiger partial charge in [-0.1, -0.05) is 31.5 Å². The first-order valence-electron chi connectivity index (χ1n) is 12.8. The number of dihydropyridines is 1. The summed E-state index contributed by atoms with van der Waals surface area (Å²) in [6, 6.07) is 9.42. The molecule has 0 saturated heterocycles. The predicted molar refractivity (Wildman–Crippen MR) is 147 cm³/mol. The number of hydrogen-bond acceptors (Lipinski definition) is 5. The molecule has 37 heavy (non-hydrogen) atoms.